The molecular formula is C27H24N2O4. The minimum absolute atomic E-state index is 0.441. The maximum atomic E-state index is 13.2. The van der Waals surface area contributed by atoms with Crippen LogP contribution in [0.1, 0.15) is 16.7 Å². The van der Waals surface area contributed by atoms with E-state index in [9.17, 15) is 9.90 Å². The lowest BCUT2D eigenvalue weighted by Crippen LogP contribution is -2.43. The molecule has 0 bridgehead atoms. The molecule has 4 aromatic carbocycles. The van der Waals surface area contributed by atoms with Crippen molar-refractivity contribution in [2.24, 2.45) is 5.10 Å². The predicted octanol–water partition coefficient (Wildman–Crippen LogP) is 4.24. The van der Waals surface area contributed by atoms with Gasteiger partial charge in [0, 0.05) is 5.56 Å². The molecule has 0 aromatic heterocycles. The number of hydrazone groups is 1. The smallest absolute Gasteiger partial charge is 0.281 e. The molecule has 0 radical (unpaired) electrons. The van der Waals surface area contributed by atoms with E-state index in [4.69, 9.17) is 9.47 Å². The van der Waals surface area contributed by atoms with Crippen molar-refractivity contribution in [3.05, 3.63) is 108 Å². The monoisotopic (exact) mass is 440 g/mol. The highest BCUT2D eigenvalue weighted by Gasteiger charge is 2.39. The van der Waals surface area contributed by atoms with Crippen LogP contribution >= 0.6 is 0 Å². The summed E-state index contributed by atoms with van der Waals surface area (Å²) >= 11 is 0. The fraction of sp³-hybridized carbons (Fsp3) is 0.111. The van der Waals surface area contributed by atoms with Gasteiger partial charge >= 0.3 is 0 Å². The van der Waals surface area contributed by atoms with E-state index >= 15 is 0 Å². The summed E-state index contributed by atoms with van der Waals surface area (Å²) in [7, 11) is 3.17. The van der Waals surface area contributed by atoms with Crippen LogP contribution in [0.4, 0.5) is 0 Å². The molecule has 6 heteroatoms. The summed E-state index contributed by atoms with van der Waals surface area (Å²) in [4.78, 5) is 13.2. The summed E-state index contributed by atoms with van der Waals surface area (Å²) in [6, 6.07) is 27.0. The predicted molar refractivity (Wildman–Crippen MR) is 129 cm³/mol. The third kappa shape index (κ3) is 4.29. The van der Waals surface area contributed by atoms with Gasteiger partial charge in [0.1, 0.15) is 11.5 Å². The number of hydrogen-bond donors (Lipinski definition) is 2. The van der Waals surface area contributed by atoms with Crippen molar-refractivity contribution in [3.8, 4) is 11.5 Å². The first kappa shape index (κ1) is 22.0. The topological polar surface area (TPSA) is 80.2 Å². The Hall–Kier alpha value is -4.16. The average Bonchev–Trinajstić information content (AvgIpc) is 2.88. The second-order valence-electron chi connectivity index (χ2n) is 7.41. The number of amides is 1. The van der Waals surface area contributed by atoms with Crippen molar-refractivity contribution >= 4 is 22.9 Å². The molecule has 4 aromatic rings. The minimum atomic E-state index is -1.91. The van der Waals surface area contributed by atoms with Crippen molar-refractivity contribution in [2.75, 3.05) is 14.2 Å². The fourth-order valence-electron chi connectivity index (χ4n) is 3.76. The van der Waals surface area contributed by atoms with Crippen LogP contribution in [0.15, 0.2) is 96.1 Å². The Morgan fingerprint density at radius 3 is 2.06 bits per heavy atom. The van der Waals surface area contributed by atoms with E-state index in [1.54, 1.807) is 62.8 Å². The molecule has 4 rings (SSSR count). The van der Waals surface area contributed by atoms with Gasteiger partial charge in [-0.3, -0.25) is 4.79 Å². The van der Waals surface area contributed by atoms with E-state index < -0.39 is 11.5 Å². The fourth-order valence-corrected chi connectivity index (χ4v) is 3.76. The van der Waals surface area contributed by atoms with Crippen LogP contribution in [0.2, 0.25) is 0 Å². The number of rotatable bonds is 7. The minimum Gasteiger partial charge on any atom is -0.497 e. The van der Waals surface area contributed by atoms with Gasteiger partial charge in [-0.05, 0) is 40.1 Å². The molecule has 0 aliphatic carbocycles. The van der Waals surface area contributed by atoms with Gasteiger partial charge in [0.05, 0.1) is 20.4 Å². The second-order valence-corrected chi connectivity index (χ2v) is 7.41. The van der Waals surface area contributed by atoms with Gasteiger partial charge in [-0.15, -0.1) is 0 Å². The highest BCUT2D eigenvalue weighted by Crippen LogP contribution is 2.31. The van der Waals surface area contributed by atoms with Crippen molar-refractivity contribution in [1.82, 2.24) is 5.43 Å². The van der Waals surface area contributed by atoms with Crippen molar-refractivity contribution in [1.29, 1.82) is 0 Å². The molecule has 0 aliphatic heterocycles. The van der Waals surface area contributed by atoms with E-state index in [0.717, 1.165) is 10.8 Å². The molecule has 6 nitrogen and oxygen atoms in total. The number of carbonyl (C=O) groups is 1. The Morgan fingerprint density at radius 2 is 1.48 bits per heavy atom. The van der Waals surface area contributed by atoms with E-state index in [1.807, 2.05) is 42.5 Å². The van der Waals surface area contributed by atoms with E-state index in [1.165, 1.54) is 6.21 Å². The lowest BCUT2D eigenvalue weighted by Gasteiger charge is -2.27. The number of nitrogens with zero attached hydrogens (tertiary/aromatic N) is 1. The SMILES string of the molecule is COc1ccc2ccc(OC)c(/C=N\NC(=O)C(O)(c3ccccc3)c3ccccc3)c2c1. The van der Waals surface area contributed by atoms with Crippen LogP contribution in [0.25, 0.3) is 10.8 Å². The lowest BCUT2D eigenvalue weighted by molar-refractivity contribution is -0.136. The normalized spacial score (nSPS) is 11.5. The number of methoxy groups -OCH3 is 2. The van der Waals surface area contributed by atoms with E-state index in [2.05, 4.69) is 10.5 Å². The first-order chi connectivity index (χ1) is 16.1. The number of benzene rings is 4. The zero-order valence-corrected chi connectivity index (χ0v) is 18.4. The van der Waals surface area contributed by atoms with Crippen LogP contribution in [-0.2, 0) is 10.4 Å². The van der Waals surface area contributed by atoms with Crippen LogP contribution in [-0.4, -0.2) is 31.4 Å². The number of hydrogen-bond acceptors (Lipinski definition) is 5. The first-order valence-corrected chi connectivity index (χ1v) is 10.4. The molecule has 2 N–H and O–H groups in total. The summed E-state index contributed by atoms with van der Waals surface area (Å²) < 4.78 is 10.8. The molecule has 0 aliphatic rings. The Kier molecular flexibility index (Phi) is 6.38. The molecule has 166 valence electrons. The first-order valence-electron chi connectivity index (χ1n) is 10.4. The Bertz CT molecular complexity index is 1240. The number of ether oxygens (including phenoxy) is 2. The number of fused-ring (bicyclic) bond motifs is 1. The Balaban J connectivity index is 1.70. The van der Waals surface area contributed by atoms with Crippen LogP contribution < -0.4 is 14.9 Å². The van der Waals surface area contributed by atoms with Crippen LogP contribution in [0.5, 0.6) is 11.5 Å². The van der Waals surface area contributed by atoms with Crippen molar-refractivity contribution in [3.63, 3.8) is 0 Å². The van der Waals surface area contributed by atoms with Gasteiger partial charge in [0.2, 0.25) is 0 Å². The quantitative estimate of drug-likeness (QED) is 0.333. The highest BCUT2D eigenvalue weighted by molar-refractivity contribution is 6.03. The van der Waals surface area contributed by atoms with Gasteiger partial charge in [0.15, 0.2) is 5.60 Å². The maximum Gasteiger partial charge on any atom is 0.281 e. The van der Waals surface area contributed by atoms with E-state index in [-0.39, 0.29) is 0 Å². The summed E-state index contributed by atoms with van der Waals surface area (Å²) in [6.07, 6.45) is 1.51. The zero-order chi connectivity index (χ0) is 23.3. The molecule has 0 saturated carbocycles. The molecule has 33 heavy (non-hydrogen) atoms. The highest BCUT2D eigenvalue weighted by atomic mass is 16.5. The summed E-state index contributed by atoms with van der Waals surface area (Å²) in [5.74, 6) is 0.611. The molecule has 1 amide bonds. The third-order valence-corrected chi connectivity index (χ3v) is 5.52. The van der Waals surface area contributed by atoms with Crippen molar-refractivity contribution in [2.45, 2.75) is 5.60 Å². The zero-order valence-electron chi connectivity index (χ0n) is 18.4. The van der Waals surface area contributed by atoms with Crippen molar-refractivity contribution < 1.29 is 19.4 Å². The number of nitrogens with one attached hydrogen (secondary N) is 1. The maximum absolute atomic E-state index is 13.2. The summed E-state index contributed by atoms with van der Waals surface area (Å²) in [5, 5.41) is 17.5. The lowest BCUT2D eigenvalue weighted by atomic mass is 9.85. The molecule has 0 unspecified atom stereocenters. The third-order valence-electron chi connectivity index (χ3n) is 5.52. The Morgan fingerprint density at radius 1 is 0.879 bits per heavy atom. The Labute approximate surface area is 192 Å². The number of aliphatic hydroxyl groups is 1. The molecule has 0 spiro atoms. The molecule has 0 saturated heterocycles. The van der Waals surface area contributed by atoms with Crippen LogP contribution in [0, 0.1) is 0 Å². The largest absolute Gasteiger partial charge is 0.497 e. The summed E-state index contributed by atoms with van der Waals surface area (Å²) in [5.41, 5.74) is 2.16. The van der Waals surface area contributed by atoms with Gasteiger partial charge < -0.3 is 14.6 Å². The molecule has 0 atom stereocenters. The average molecular weight is 440 g/mol. The molecule has 0 heterocycles. The van der Waals surface area contributed by atoms with Gasteiger partial charge in [-0.25, -0.2) is 5.43 Å². The van der Waals surface area contributed by atoms with Gasteiger partial charge in [0.25, 0.3) is 5.91 Å². The number of carbonyl (C=O) groups excluding carboxylic acids is 1. The van der Waals surface area contributed by atoms with Crippen LogP contribution in [0.3, 0.4) is 0 Å². The standard InChI is InChI=1S/C27H24N2O4/c1-32-22-15-13-19-14-16-25(33-2)24(23(19)17-22)18-28-29-26(30)27(31,20-9-5-3-6-10-20)21-11-7-4-8-12-21/h3-18,31H,1-2H3,(H,29,30)/b28-18-. The van der Waals surface area contributed by atoms with E-state index in [0.29, 0.717) is 28.2 Å². The molecule has 0 fully saturated rings. The second kappa shape index (κ2) is 9.54. The van der Waals surface area contributed by atoms with Gasteiger partial charge in [-0.2, -0.15) is 5.10 Å². The summed E-state index contributed by atoms with van der Waals surface area (Å²) in [6.45, 7) is 0. The molecular weight excluding hydrogens is 416 g/mol. The van der Waals surface area contributed by atoms with Gasteiger partial charge in [-0.1, -0.05) is 72.8 Å².